The van der Waals surface area contributed by atoms with Crippen molar-refractivity contribution >= 4 is 24.2 Å². The third kappa shape index (κ3) is 8.01. The number of nitrogens with one attached hydrogen (secondary N) is 2. The third-order valence-electron chi connectivity index (χ3n) is 5.55. The molecular formula is C28H39N3O2. The molecule has 33 heavy (non-hydrogen) atoms. The highest BCUT2D eigenvalue weighted by Crippen LogP contribution is 2.26. The van der Waals surface area contributed by atoms with Gasteiger partial charge in [0.05, 0.1) is 5.70 Å². The van der Waals surface area contributed by atoms with Gasteiger partial charge in [-0.25, -0.2) is 4.79 Å². The molecule has 1 aromatic rings. The Balaban J connectivity index is 2.98. The minimum atomic E-state index is -0.553. The molecule has 5 heteroatoms. The summed E-state index contributed by atoms with van der Waals surface area (Å²) in [4.78, 5) is 27.9. The van der Waals surface area contributed by atoms with Gasteiger partial charge >= 0.3 is 6.03 Å². The number of allylic oxidation sites excluding steroid dienone is 5. The molecule has 0 unspecified atom stereocenters. The van der Waals surface area contributed by atoms with Crippen LogP contribution in [0.1, 0.15) is 62.8 Å². The smallest absolute Gasteiger partial charge is 0.321 e. The highest BCUT2D eigenvalue weighted by molar-refractivity contribution is 6.22. The van der Waals surface area contributed by atoms with E-state index in [2.05, 4.69) is 74.8 Å². The molecule has 3 amide bonds. The predicted octanol–water partition coefficient (Wildman–Crippen LogP) is 6.23. The molecule has 0 aliphatic rings. The van der Waals surface area contributed by atoms with Crippen molar-refractivity contribution in [2.75, 3.05) is 7.05 Å². The van der Waals surface area contributed by atoms with Gasteiger partial charge in [0.25, 0.3) is 5.91 Å². The van der Waals surface area contributed by atoms with E-state index in [4.69, 9.17) is 0 Å². The molecule has 178 valence electrons. The SMILES string of the molecule is C=NC(/C(=C\CC)C(C)C)=C(C)\C=C/CCc1c(C)cc(C(=C)C(=O)NC(=O)NC)cc1C. The van der Waals surface area contributed by atoms with Gasteiger partial charge in [-0.1, -0.05) is 57.7 Å². The maximum absolute atomic E-state index is 12.2. The Morgan fingerprint density at radius 1 is 1.18 bits per heavy atom. The summed E-state index contributed by atoms with van der Waals surface area (Å²) in [6, 6.07) is 3.35. The molecule has 0 aliphatic heterocycles. The van der Waals surface area contributed by atoms with E-state index in [1.807, 2.05) is 26.0 Å². The number of hydrogen-bond acceptors (Lipinski definition) is 3. The first-order chi connectivity index (χ1) is 15.6. The van der Waals surface area contributed by atoms with Gasteiger partial charge in [-0.15, -0.1) is 0 Å². The van der Waals surface area contributed by atoms with Crippen molar-refractivity contribution < 1.29 is 9.59 Å². The lowest BCUT2D eigenvalue weighted by Gasteiger charge is -2.14. The molecule has 1 rings (SSSR count). The predicted molar refractivity (Wildman–Crippen MR) is 140 cm³/mol. The molecule has 0 saturated carbocycles. The second-order valence-corrected chi connectivity index (χ2v) is 8.45. The van der Waals surface area contributed by atoms with Crippen molar-refractivity contribution in [2.45, 2.75) is 60.8 Å². The quantitative estimate of drug-likeness (QED) is 0.253. The van der Waals surface area contributed by atoms with Crippen molar-refractivity contribution in [3.05, 3.63) is 76.0 Å². The van der Waals surface area contributed by atoms with Crippen molar-refractivity contribution in [3.8, 4) is 0 Å². The molecule has 0 aliphatic carbocycles. The van der Waals surface area contributed by atoms with Gasteiger partial charge in [0.2, 0.25) is 0 Å². The molecular weight excluding hydrogens is 410 g/mol. The van der Waals surface area contributed by atoms with E-state index in [9.17, 15) is 9.59 Å². The van der Waals surface area contributed by atoms with Crippen molar-refractivity contribution in [2.24, 2.45) is 10.9 Å². The summed E-state index contributed by atoms with van der Waals surface area (Å²) >= 11 is 0. The van der Waals surface area contributed by atoms with Crippen molar-refractivity contribution in [1.82, 2.24) is 10.6 Å². The largest absolute Gasteiger partial charge is 0.341 e. The second kappa shape index (κ2) is 13.4. The number of nitrogens with zero attached hydrogens (tertiary/aromatic N) is 1. The summed E-state index contributed by atoms with van der Waals surface area (Å²) in [5, 5.41) is 4.62. The number of aliphatic imine (C=N–C) groups is 1. The first-order valence-corrected chi connectivity index (χ1v) is 11.4. The van der Waals surface area contributed by atoms with Gasteiger partial charge in [-0.3, -0.25) is 15.1 Å². The zero-order valence-corrected chi connectivity index (χ0v) is 21.3. The van der Waals surface area contributed by atoms with E-state index in [1.165, 1.54) is 18.2 Å². The topological polar surface area (TPSA) is 70.6 Å². The fraction of sp³-hybridized carbons (Fsp3) is 0.393. The van der Waals surface area contributed by atoms with Crippen LogP contribution in [0.25, 0.3) is 5.57 Å². The first kappa shape index (κ1) is 27.8. The number of carbonyl (C=O) groups excluding carboxylic acids is 2. The Kier molecular flexibility index (Phi) is 11.3. The molecule has 2 N–H and O–H groups in total. The summed E-state index contributed by atoms with van der Waals surface area (Å²) in [6.45, 7) is 20.3. The fourth-order valence-corrected chi connectivity index (χ4v) is 3.77. The highest BCUT2D eigenvalue weighted by Gasteiger charge is 2.14. The minimum Gasteiger partial charge on any atom is -0.341 e. The Hall–Kier alpha value is -3.21. The van der Waals surface area contributed by atoms with E-state index in [0.717, 1.165) is 47.2 Å². The number of urea groups is 1. The van der Waals surface area contributed by atoms with Crippen LogP contribution < -0.4 is 10.6 Å². The van der Waals surface area contributed by atoms with Crippen LogP contribution in [0.15, 0.2) is 58.8 Å². The average Bonchev–Trinajstić information content (AvgIpc) is 2.76. The number of amides is 3. The van der Waals surface area contributed by atoms with Gasteiger partial charge in [-0.2, -0.15) is 0 Å². The average molecular weight is 450 g/mol. The minimum absolute atomic E-state index is 0.266. The summed E-state index contributed by atoms with van der Waals surface area (Å²) < 4.78 is 0. The number of rotatable bonds is 10. The lowest BCUT2D eigenvalue weighted by Crippen LogP contribution is -2.37. The standard InChI is InChI=1S/C28H39N3O2/c1-10-13-24(18(2)3)26(29-8)19(4)14-11-12-15-25-20(5)16-23(17-21(25)6)22(7)27(32)31-28(33)30-9/h11,13-14,16-18H,7-8,10,12,15H2,1-6,9H3,(H2,30,31,32,33)/b14-11-,24-13-,26-19-. The van der Waals surface area contributed by atoms with Crippen LogP contribution in [0.5, 0.6) is 0 Å². The van der Waals surface area contributed by atoms with Crippen LogP contribution in [0.4, 0.5) is 4.79 Å². The molecule has 0 fully saturated rings. The Bertz CT molecular complexity index is 971. The molecule has 0 spiro atoms. The highest BCUT2D eigenvalue weighted by atomic mass is 16.2. The van der Waals surface area contributed by atoms with Crippen LogP contribution in [0.2, 0.25) is 0 Å². The Morgan fingerprint density at radius 3 is 2.27 bits per heavy atom. The van der Waals surface area contributed by atoms with Gasteiger partial charge in [0.1, 0.15) is 0 Å². The van der Waals surface area contributed by atoms with Crippen LogP contribution in [0.3, 0.4) is 0 Å². The molecule has 0 atom stereocenters. The maximum Gasteiger partial charge on any atom is 0.321 e. The van der Waals surface area contributed by atoms with E-state index in [-0.39, 0.29) is 5.57 Å². The third-order valence-corrected chi connectivity index (χ3v) is 5.55. The number of hydrogen-bond donors (Lipinski definition) is 2. The number of aryl methyl sites for hydroxylation is 2. The van der Waals surface area contributed by atoms with Crippen LogP contribution in [0, 0.1) is 19.8 Å². The molecule has 0 bridgehead atoms. The van der Waals surface area contributed by atoms with Gasteiger partial charge < -0.3 is 5.32 Å². The van der Waals surface area contributed by atoms with Crippen LogP contribution in [-0.4, -0.2) is 25.7 Å². The van der Waals surface area contributed by atoms with Gasteiger partial charge in [0.15, 0.2) is 0 Å². The zero-order valence-electron chi connectivity index (χ0n) is 21.3. The summed E-state index contributed by atoms with van der Waals surface area (Å²) in [7, 11) is 1.46. The molecule has 1 aromatic carbocycles. The first-order valence-electron chi connectivity index (χ1n) is 11.4. The van der Waals surface area contributed by atoms with Gasteiger partial charge in [-0.05, 0) is 86.1 Å². The van der Waals surface area contributed by atoms with Crippen molar-refractivity contribution in [3.63, 3.8) is 0 Å². The van der Waals surface area contributed by atoms with E-state index in [1.54, 1.807) is 0 Å². The molecule has 0 heterocycles. The van der Waals surface area contributed by atoms with Crippen LogP contribution >= 0.6 is 0 Å². The molecule has 0 saturated heterocycles. The lowest BCUT2D eigenvalue weighted by molar-refractivity contribution is -0.114. The van der Waals surface area contributed by atoms with Gasteiger partial charge in [0, 0.05) is 12.6 Å². The number of carbonyl (C=O) groups is 2. The normalized spacial score (nSPS) is 12.5. The Labute approximate surface area is 199 Å². The lowest BCUT2D eigenvalue weighted by atomic mass is 9.93. The Morgan fingerprint density at radius 2 is 1.79 bits per heavy atom. The molecule has 5 nitrogen and oxygen atoms in total. The second-order valence-electron chi connectivity index (χ2n) is 8.45. The summed E-state index contributed by atoms with van der Waals surface area (Å²) in [5.74, 6) is -0.110. The van der Waals surface area contributed by atoms with Crippen LogP contribution in [-0.2, 0) is 11.2 Å². The summed E-state index contributed by atoms with van der Waals surface area (Å²) in [6.07, 6.45) is 9.26. The maximum atomic E-state index is 12.2. The number of benzene rings is 1. The monoisotopic (exact) mass is 449 g/mol. The van der Waals surface area contributed by atoms with E-state index < -0.39 is 11.9 Å². The zero-order chi connectivity index (χ0) is 25.1. The van der Waals surface area contributed by atoms with Crippen molar-refractivity contribution in [1.29, 1.82) is 0 Å². The summed E-state index contributed by atoms with van der Waals surface area (Å²) in [5.41, 5.74) is 7.74. The fourth-order valence-electron chi connectivity index (χ4n) is 3.77. The van der Waals surface area contributed by atoms with E-state index >= 15 is 0 Å². The number of imide groups is 1. The molecule has 0 radical (unpaired) electrons. The van der Waals surface area contributed by atoms with E-state index in [0.29, 0.717) is 5.92 Å². The molecule has 0 aromatic heterocycles.